The Kier molecular flexibility index (Phi) is 3.08. The highest BCUT2D eigenvalue weighted by atomic mass is 79.9. The van der Waals surface area contributed by atoms with Crippen molar-refractivity contribution in [3.8, 4) is 0 Å². The largest absolute Gasteiger partial charge is 0.296 e. The van der Waals surface area contributed by atoms with E-state index >= 15 is 0 Å². The molecule has 2 aromatic heterocycles. The molecule has 3 rings (SSSR count). The minimum Gasteiger partial charge on any atom is -0.296 e. The summed E-state index contributed by atoms with van der Waals surface area (Å²) in [5, 5.41) is 7.33. The van der Waals surface area contributed by atoms with Crippen molar-refractivity contribution in [1.82, 2.24) is 14.8 Å². The van der Waals surface area contributed by atoms with Gasteiger partial charge in [0, 0.05) is 17.7 Å². The Morgan fingerprint density at radius 3 is 2.95 bits per heavy atom. The second-order valence-electron chi connectivity index (χ2n) is 3.90. The van der Waals surface area contributed by atoms with E-state index in [1.807, 2.05) is 18.2 Å². The van der Waals surface area contributed by atoms with E-state index in [-0.39, 0.29) is 5.91 Å². The molecule has 0 aliphatic rings. The Hall–Kier alpha value is -1.73. The van der Waals surface area contributed by atoms with Gasteiger partial charge in [-0.1, -0.05) is 17.4 Å². The molecular weight excluding hydrogens is 328 g/mol. The molecule has 0 saturated heterocycles. The number of hydrogen-bond donors (Lipinski definition) is 1. The SMILES string of the molecule is Cn1nccc1C(=O)Nc1nc2c(Br)cccc2s1. The van der Waals surface area contributed by atoms with E-state index < -0.39 is 0 Å². The molecule has 2 heterocycles. The van der Waals surface area contributed by atoms with E-state index in [2.05, 4.69) is 31.3 Å². The zero-order valence-corrected chi connectivity index (χ0v) is 12.3. The van der Waals surface area contributed by atoms with E-state index in [0.717, 1.165) is 14.7 Å². The highest BCUT2D eigenvalue weighted by molar-refractivity contribution is 9.10. The maximum atomic E-state index is 12.0. The highest BCUT2D eigenvalue weighted by Crippen LogP contribution is 2.30. The van der Waals surface area contributed by atoms with E-state index in [0.29, 0.717) is 10.8 Å². The van der Waals surface area contributed by atoms with Gasteiger partial charge in [-0.15, -0.1) is 0 Å². The van der Waals surface area contributed by atoms with Crippen LogP contribution >= 0.6 is 27.3 Å². The molecule has 0 fully saturated rings. The predicted molar refractivity (Wildman–Crippen MR) is 78.5 cm³/mol. The third-order valence-electron chi connectivity index (χ3n) is 2.64. The number of aryl methyl sites for hydroxylation is 1. The number of hydrogen-bond acceptors (Lipinski definition) is 4. The van der Waals surface area contributed by atoms with Crippen LogP contribution in [0.2, 0.25) is 0 Å². The van der Waals surface area contributed by atoms with Crippen LogP contribution in [0.15, 0.2) is 34.9 Å². The van der Waals surface area contributed by atoms with Gasteiger partial charge >= 0.3 is 0 Å². The molecule has 0 radical (unpaired) electrons. The number of halogens is 1. The van der Waals surface area contributed by atoms with Crippen LogP contribution in [0.1, 0.15) is 10.5 Å². The van der Waals surface area contributed by atoms with Gasteiger partial charge in [-0.25, -0.2) is 4.98 Å². The highest BCUT2D eigenvalue weighted by Gasteiger charge is 2.13. The summed E-state index contributed by atoms with van der Waals surface area (Å²) in [6.45, 7) is 0. The van der Waals surface area contributed by atoms with Crippen LogP contribution in [0, 0.1) is 0 Å². The van der Waals surface area contributed by atoms with Crippen molar-refractivity contribution in [2.75, 3.05) is 5.32 Å². The Morgan fingerprint density at radius 1 is 1.42 bits per heavy atom. The molecule has 1 N–H and O–H groups in total. The summed E-state index contributed by atoms with van der Waals surface area (Å²) in [5.74, 6) is -0.213. The molecule has 7 heteroatoms. The summed E-state index contributed by atoms with van der Waals surface area (Å²) < 4.78 is 3.47. The van der Waals surface area contributed by atoms with Crippen LogP contribution < -0.4 is 5.32 Å². The lowest BCUT2D eigenvalue weighted by Crippen LogP contribution is -2.15. The number of nitrogens with one attached hydrogen (secondary N) is 1. The molecule has 0 bridgehead atoms. The number of fused-ring (bicyclic) bond motifs is 1. The molecule has 0 saturated carbocycles. The number of rotatable bonds is 2. The molecule has 1 aromatic carbocycles. The van der Waals surface area contributed by atoms with Crippen LogP contribution in [-0.4, -0.2) is 20.7 Å². The van der Waals surface area contributed by atoms with Gasteiger partial charge in [0.1, 0.15) is 5.69 Å². The van der Waals surface area contributed by atoms with Gasteiger partial charge in [0.2, 0.25) is 0 Å². The Labute approximate surface area is 121 Å². The zero-order chi connectivity index (χ0) is 13.4. The van der Waals surface area contributed by atoms with E-state index in [1.165, 1.54) is 16.0 Å². The summed E-state index contributed by atoms with van der Waals surface area (Å²) in [5.41, 5.74) is 1.35. The first-order valence-electron chi connectivity index (χ1n) is 5.49. The lowest BCUT2D eigenvalue weighted by atomic mass is 10.3. The fourth-order valence-corrected chi connectivity index (χ4v) is 3.20. The van der Waals surface area contributed by atoms with Gasteiger partial charge < -0.3 is 0 Å². The summed E-state index contributed by atoms with van der Waals surface area (Å²) >= 11 is 4.88. The number of thiazole rings is 1. The molecule has 5 nitrogen and oxygen atoms in total. The van der Waals surface area contributed by atoms with Crippen molar-refractivity contribution >= 4 is 48.5 Å². The predicted octanol–water partition coefficient (Wildman–Crippen LogP) is 3.04. The molecule has 1 amide bonds. The summed E-state index contributed by atoms with van der Waals surface area (Å²) in [7, 11) is 1.73. The molecule has 3 aromatic rings. The number of carbonyl (C=O) groups excluding carboxylic acids is 1. The van der Waals surface area contributed by atoms with E-state index in [4.69, 9.17) is 0 Å². The quantitative estimate of drug-likeness (QED) is 0.782. The van der Waals surface area contributed by atoms with Gasteiger partial charge in [-0.2, -0.15) is 5.10 Å². The standard InChI is InChI=1S/C12H9BrN4OS/c1-17-8(5-6-14-17)11(18)16-12-15-10-7(13)3-2-4-9(10)19-12/h2-6H,1H3,(H,15,16,18). The third kappa shape index (κ3) is 2.26. The van der Waals surface area contributed by atoms with Crippen molar-refractivity contribution < 1.29 is 4.79 Å². The number of amides is 1. The van der Waals surface area contributed by atoms with E-state index in [9.17, 15) is 4.79 Å². The molecule has 19 heavy (non-hydrogen) atoms. The number of para-hydroxylation sites is 1. The Morgan fingerprint density at radius 2 is 2.26 bits per heavy atom. The number of benzene rings is 1. The van der Waals surface area contributed by atoms with Crippen LogP contribution in [0.3, 0.4) is 0 Å². The molecule has 0 unspecified atom stereocenters. The van der Waals surface area contributed by atoms with Crippen LogP contribution in [0.4, 0.5) is 5.13 Å². The van der Waals surface area contributed by atoms with Crippen molar-refractivity contribution in [3.05, 3.63) is 40.6 Å². The van der Waals surface area contributed by atoms with Gasteiger partial charge in [-0.3, -0.25) is 14.8 Å². The number of carbonyl (C=O) groups is 1. The van der Waals surface area contributed by atoms with Crippen molar-refractivity contribution in [2.24, 2.45) is 7.05 Å². The Bertz CT molecular complexity index is 764. The minimum absolute atomic E-state index is 0.213. The van der Waals surface area contributed by atoms with Crippen molar-refractivity contribution in [3.63, 3.8) is 0 Å². The van der Waals surface area contributed by atoms with Crippen LogP contribution in [0.5, 0.6) is 0 Å². The maximum Gasteiger partial charge on any atom is 0.275 e. The van der Waals surface area contributed by atoms with Gasteiger partial charge in [0.25, 0.3) is 5.91 Å². The molecule has 96 valence electrons. The fourth-order valence-electron chi connectivity index (χ4n) is 1.73. The molecule has 0 atom stereocenters. The summed E-state index contributed by atoms with van der Waals surface area (Å²) in [6, 6.07) is 7.50. The normalized spacial score (nSPS) is 10.8. The van der Waals surface area contributed by atoms with Crippen LogP contribution in [-0.2, 0) is 7.05 Å². The first kappa shape index (κ1) is 12.3. The smallest absolute Gasteiger partial charge is 0.275 e. The Balaban J connectivity index is 1.92. The topological polar surface area (TPSA) is 59.8 Å². The lowest BCUT2D eigenvalue weighted by molar-refractivity contribution is 0.101. The third-order valence-corrected chi connectivity index (χ3v) is 4.22. The lowest BCUT2D eigenvalue weighted by Gasteiger charge is -2.00. The average molecular weight is 337 g/mol. The van der Waals surface area contributed by atoms with Gasteiger partial charge in [0.05, 0.1) is 10.2 Å². The average Bonchev–Trinajstić information content (AvgIpc) is 2.95. The fraction of sp³-hybridized carbons (Fsp3) is 0.0833. The molecule has 0 aliphatic heterocycles. The second kappa shape index (κ2) is 4.75. The monoisotopic (exact) mass is 336 g/mol. The molecular formula is C12H9BrN4OS. The zero-order valence-electron chi connectivity index (χ0n) is 9.92. The number of nitrogens with zero attached hydrogens (tertiary/aromatic N) is 3. The first-order valence-corrected chi connectivity index (χ1v) is 7.10. The summed E-state index contributed by atoms with van der Waals surface area (Å²) in [6.07, 6.45) is 1.59. The van der Waals surface area contributed by atoms with Gasteiger partial charge in [-0.05, 0) is 34.1 Å². The molecule has 0 spiro atoms. The van der Waals surface area contributed by atoms with Crippen molar-refractivity contribution in [2.45, 2.75) is 0 Å². The van der Waals surface area contributed by atoms with E-state index in [1.54, 1.807) is 19.3 Å². The number of anilines is 1. The van der Waals surface area contributed by atoms with Gasteiger partial charge in [0.15, 0.2) is 5.13 Å². The van der Waals surface area contributed by atoms with Crippen LogP contribution in [0.25, 0.3) is 10.2 Å². The second-order valence-corrected chi connectivity index (χ2v) is 5.78. The first-order chi connectivity index (χ1) is 9.15. The maximum absolute atomic E-state index is 12.0. The number of aromatic nitrogens is 3. The van der Waals surface area contributed by atoms with Crippen molar-refractivity contribution in [1.29, 1.82) is 0 Å². The minimum atomic E-state index is -0.213. The molecule has 0 aliphatic carbocycles. The summed E-state index contributed by atoms with van der Waals surface area (Å²) in [4.78, 5) is 16.4.